The van der Waals surface area contributed by atoms with Crippen LogP contribution >= 0.6 is 0 Å². The van der Waals surface area contributed by atoms with Gasteiger partial charge in [-0.15, -0.1) is 0 Å². The monoisotopic (exact) mass is 588 g/mol. The molecular formula is C31H24O12. The number of benzene rings is 4. The van der Waals surface area contributed by atoms with Gasteiger partial charge >= 0.3 is 24.2 Å². The van der Waals surface area contributed by atoms with Crippen molar-refractivity contribution in [1.29, 1.82) is 0 Å². The van der Waals surface area contributed by atoms with Crippen molar-refractivity contribution in [3.05, 3.63) is 120 Å². The summed E-state index contributed by atoms with van der Waals surface area (Å²) in [4.78, 5) is 64.8. The molecule has 0 aliphatic rings. The molecule has 43 heavy (non-hydrogen) atoms. The average Bonchev–Trinajstić information content (AvgIpc) is 3.05. The molecule has 0 bridgehead atoms. The first-order valence-electron chi connectivity index (χ1n) is 12.7. The fraction of sp³-hybridized carbons (Fsp3) is 0.0968. The van der Waals surface area contributed by atoms with Crippen molar-refractivity contribution in [2.75, 3.05) is 13.2 Å². The topological polar surface area (TPSA) is 142 Å². The lowest BCUT2D eigenvalue weighted by Gasteiger charge is -2.06. The van der Waals surface area contributed by atoms with Crippen molar-refractivity contribution in [3.63, 3.8) is 0 Å². The summed E-state index contributed by atoms with van der Waals surface area (Å²) in [5, 5.41) is 8.38. The Morgan fingerprint density at radius 1 is 0.442 bits per heavy atom. The summed E-state index contributed by atoms with van der Waals surface area (Å²) in [6.45, 7) is -0.508. The van der Waals surface area contributed by atoms with Crippen LogP contribution in [0.25, 0.3) is 22.3 Å². The van der Waals surface area contributed by atoms with Gasteiger partial charge in [0.15, 0.2) is 0 Å². The molecule has 12 nitrogen and oxygen atoms in total. The molecule has 0 amide bonds. The van der Waals surface area contributed by atoms with E-state index in [4.69, 9.17) is 0 Å². The summed E-state index contributed by atoms with van der Waals surface area (Å²) >= 11 is 0. The molecule has 0 heterocycles. The van der Waals surface area contributed by atoms with Gasteiger partial charge in [-0.25, -0.2) is 29.0 Å². The molecule has 0 aromatic heterocycles. The standard InChI is InChI=1S/C31H24O12/c32-28(26-16-7-14-24(20-26)22-10-3-1-4-11-22)38-42-40-30(34)36-18-9-19-37-31(35)41-43-39-29(33)27-17-8-15-25(21-27)23-12-5-2-6-13-23/h1-8,10-17,20-21H,9,18-19H2. The van der Waals surface area contributed by atoms with E-state index >= 15 is 0 Å². The molecule has 0 saturated heterocycles. The maximum absolute atomic E-state index is 12.1. The number of hydrogen-bond donors (Lipinski definition) is 0. The van der Waals surface area contributed by atoms with Crippen molar-refractivity contribution in [2.45, 2.75) is 6.42 Å². The average molecular weight is 589 g/mol. The van der Waals surface area contributed by atoms with Crippen LogP contribution in [0, 0.1) is 0 Å². The molecule has 0 atom stereocenters. The molecule has 0 N–H and O–H groups in total. The molecule has 0 radical (unpaired) electrons. The van der Waals surface area contributed by atoms with E-state index in [1.54, 1.807) is 24.3 Å². The zero-order valence-corrected chi connectivity index (χ0v) is 22.4. The van der Waals surface area contributed by atoms with Crippen LogP contribution in [-0.4, -0.2) is 37.5 Å². The Balaban J connectivity index is 1.05. The van der Waals surface area contributed by atoms with E-state index in [2.05, 4.69) is 39.1 Å². The highest BCUT2D eigenvalue weighted by Gasteiger charge is 2.15. The lowest BCUT2D eigenvalue weighted by Crippen LogP contribution is -2.15. The predicted molar refractivity (Wildman–Crippen MR) is 146 cm³/mol. The Morgan fingerprint density at radius 2 is 0.837 bits per heavy atom. The van der Waals surface area contributed by atoms with Crippen LogP contribution in [0.2, 0.25) is 0 Å². The van der Waals surface area contributed by atoms with Gasteiger partial charge < -0.3 is 9.47 Å². The minimum atomic E-state index is -1.31. The van der Waals surface area contributed by atoms with Crippen molar-refractivity contribution in [1.82, 2.24) is 0 Å². The van der Waals surface area contributed by atoms with Crippen molar-refractivity contribution >= 4 is 24.2 Å². The highest BCUT2D eigenvalue weighted by atomic mass is 17.5. The molecule has 220 valence electrons. The van der Waals surface area contributed by atoms with Gasteiger partial charge in [0.05, 0.1) is 34.4 Å². The van der Waals surface area contributed by atoms with Gasteiger partial charge in [-0.3, -0.25) is 9.78 Å². The maximum Gasteiger partial charge on any atom is 0.543 e. The third-order valence-electron chi connectivity index (χ3n) is 5.56. The van der Waals surface area contributed by atoms with Crippen LogP contribution < -0.4 is 0 Å². The van der Waals surface area contributed by atoms with Crippen molar-refractivity contribution < 1.29 is 58.3 Å². The summed E-state index contributed by atoms with van der Waals surface area (Å²) in [6.07, 6.45) is -2.58. The van der Waals surface area contributed by atoms with Crippen LogP contribution in [0.5, 0.6) is 0 Å². The van der Waals surface area contributed by atoms with E-state index in [9.17, 15) is 19.2 Å². The SMILES string of the molecule is O=C(OCCCOC(=O)OOOC(=O)c1cccc(-c2ccccc2)c1)OOOC(=O)c1cccc(-c2ccccc2)c1. The van der Waals surface area contributed by atoms with E-state index in [1.807, 2.05) is 72.8 Å². The quantitative estimate of drug-likeness (QED) is 0.0779. The number of rotatable bonds is 12. The molecular weight excluding hydrogens is 564 g/mol. The van der Waals surface area contributed by atoms with Gasteiger partial charge in [0.1, 0.15) is 0 Å². The molecule has 4 rings (SSSR count). The first-order chi connectivity index (χ1) is 21.0. The zero-order valence-electron chi connectivity index (χ0n) is 22.4. The van der Waals surface area contributed by atoms with Gasteiger partial charge in [0.2, 0.25) is 0 Å². The van der Waals surface area contributed by atoms with E-state index in [0.29, 0.717) is 0 Å². The normalized spacial score (nSPS) is 10.2. The fourth-order valence-corrected chi connectivity index (χ4v) is 3.58. The Bertz CT molecular complexity index is 1410. The molecule has 0 aliphatic heterocycles. The predicted octanol–water partition coefficient (Wildman–Crippen LogP) is 6.42. The largest absolute Gasteiger partial charge is 0.543 e. The molecule has 0 aliphatic carbocycles. The van der Waals surface area contributed by atoms with Crippen LogP contribution in [0.1, 0.15) is 27.1 Å². The number of ether oxygens (including phenoxy) is 2. The second kappa shape index (κ2) is 15.9. The molecule has 12 heteroatoms. The Kier molecular flexibility index (Phi) is 11.2. The third kappa shape index (κ3) is 9.70. The highest BCUT2D eigenvalue weighted by Crippen LogP contribution is 2.21. The molecule has 4 aromatic rings. The smallest absolute Gasteiger partial charge is 0.432 e. The first kappa shape index (κ1) is 30.2. The minimum absolute atomic E-state index is 0.0301. The molecule has 0 fully saturated rings. The van der Waals surface area contributed by atoms with E-state index in [1.165, 1.54) is 12.1 Å². The summed E-state index contributed by atoms with van der Waals surface area (Å²) in [7, 11) is 0. The third-order valence-corrected chi connectivity index (χ3v) is 5.56. The molecule has 0 saturated carbocycles. The van der Waals surface area contributed by atoms with Gasteiger partial charge in [-0.05, 0) is 46.5 Å². The zero-order chi connectivity index (χ0) is 30.3. The Hall–Kier alpha value is -5.72. The van der Waals surface area contributed by atoms with Crippen LogP contribution in [0.4, 0.5) is 9.59 Å². The lowest BCUT2D eigenvalue weighted by molar-refractivity contribution is -0.452. The lowest BCUT2D eigenvalue weighted by atomic mass is 10.0. The van der Waals surface area contributed by atoms with Crippen LogP contribution in [-0.2, 0) is 39.1 Å². The van der Waals surface area contributed by atoms with E-state index in [-0.39, 0.29) is 30.8 Å². The second-order valence-electron chi connectivity index (χ2n) is 8.49. The minimum Gasteiger partial charge on any atom is -0.432 e. The van der Waals surface area contributed by atoms with Crippen molar-refractivity contribution in [2.24, 2.45) is 0 Å². The molecule has 4 aromatic carbocycles. The van der Waals surface area contributed by atoms with Crippen LogP contribution in [0.15, 0.2) is 109 Å². The number of carbonyl (C=O) groups is 4. The highest BCUT2D eigenvalue weighted by molar-refractivity contribution is 5.91. The summed E-state index contributed by atoms with van der Waals surface area (Å²) in [5.41, 5.74) is 3.67. The van der Waals surface area contributed by atoms with Gasteiger partial charge in [-0.2, -0.15) is 0 Å². The Morgan fingerprint density at radius 3 is 1.26 bits per heavy atom. The number of carbonyl (C=O) groups excluding carboxylic acids is 4. The van der Waals surface area contributed by atoms with Crippen molar-refractivity contribution in [3.8, 4) is 22.3 Å². The van der Waals surface area contributed by atoms with Gasteiger partial charge in [0.25, 0.3) is 0 Å². The molecule has 0 spiro atoms. The molecule has 0 unspecified atom stereocenters. The Labute approximate surface area is 244 Å². The number of hydrogen-bond acceptors (Lipinski definition) is 12. The van der Waals surface area contributed by atoms with E-state index in [0.717, 1.165) is 22.3 Å². The summed E-state index contributed by atoms with van der Waals surface area (Å²) in [5.74, 6) is -1.79. The first-order valence-corrected chi connectivity index (χ1v) is 12.7. The van der Waals surface area contributed by atoms with Gasteiger partial charge in [0, 0.05) is 6.42 Å². The van der Waals surface area contributed by atoms with Crippen LogP contribution in [0.3, 0.4) is 0 Å². The van der Waals surface area contributed by atoms with E-state index < -0.39 is 24.2 Å². The van der Waals surface area contributed by atoms with Gasteiger partial charge in [-0.1, -0.05) is 84.9 Å². The summed E-state index contributed by atoms with van der Waals surface area (Å²) < 4.78 is 9.36. The summed E-state index contributed by atoms with van der Waals surface area (Å²) in [6, 6.07) is 31.9. The second-order valence-corrected chi connectivity index (χ2v) is 8.49. The maximum atomic E-state index is 12.1. The fourth-order valence-electron chi connectivity index (χ4n) is 3.58.